The van der Waals surface area contributed by atoms with Crippen molar-refractivity contribution in [2.75, 3.05) is 20.2 Å². The summed E-state index contributed by atoms with van der Waals surface area (Å²) >= 11 is 6.03. The molecule has 3 N–H and O–H groups in total. The number of urea groups is 1. The van der Waals surface area contributed by atoms with Gasteiger partial charge >= 0.3 is 12.0 Å². The number of hydrogen-bond donors (Lipinski definition) is 3. The van der Waals surface area contributed by atoms with Crippen LogP contribution in [0.4, 0.5) is 4.79 Å². The SMILES string of the molecule is CCOC(=O)C1=C(C[NH+](C)Cc2cccc(Cl)c2)NC(=O)N[C@H]1CC. The Hall–Kier alpha value is -2.05. The van der Waals surface area contributed by atoms with E-state index < -0.39 is 0 Å². The molecule has 1 aliphatic heterocycles. The highest BCUT2D eigenvalue weighted by atomic mass is 35.5. The van der Waals surface area contributed by atoms with Crippen LogP contribution in [0, 0.1) is 0 Å². The summed E-state index contributed by atoms with van der Waals surface area (Å²) in [5, 5.41) is 6.25. The van der Waals surface area contributed by atoms with Gasteiger partial charge in [0.15, 0.2) is 0 Å². The van der Waals surface area contributed by atoms with Gasteiger partial charge in [0.1, 0.15) is 13.1 Å². The number of carbonyl (C=O) groups excluding carboxylic acids is 2. The summed E-state index contributed by atoms with van der Waals surface area (Å²) in [5.74, 6) is -0.382. The van der Waals surface area contributed by atoms with Crippen molar-refractivity contribution in [3.63, 3.8) is 0 Å². The van der Waals surface area contributed by atoms with Crippen molar-refractivity contribution < 1.29 is 19.2 Å². The maximum Gasteiger partial charge on any atom is 0.338 e. The summed E-state index contributed by atoms with van der Waals surface area (Å²) in [6, 6.07) is 7.05. The second-order valence-electron chi connectivity index (χ2n) is 6.11. The number of likely N-dealkylation sites (N-methyl/N-ethyl adjacent to an activating group) is 1. The van der Waals surface area contributed by atoms with E-state index in [1.165, 1.54) is 0 Å². The molecule has 7 heteroatoms. The molecule has 136 valence electrons. The van der Waals surface area contributed by atoms with Crippen LogP contribution in [0.2, 0.25) is 5.02 Å². The lowest BCUT2D eigenvalue weighted by atomic mass is 10.00. The predicted octanol–water partition coefficient (Wildman–Crippen LogP) is 1.26. The molecule has 1 aromatic carbocycles. The number of hydrogen-bond acceptors (Lipinski definition) is 3. The first-order chi connectivity index (χ1) is 11.9. The monoisotopic (exact) mass is 366 g/mol. The summed E-state index contributed by atoms with van der Waals surface area (Å²) < 4.78 is 5.18. The van der Waals surface area contributed by atoms with E-state index >= 15 is 0 Å². The minimum Gasteiger partial charge on any atom is -0.463 e. The lowest BCUT2D eigenvalue weighted by Crippen LogP contribution is -3.08. The van der Waals surface area contributed by atoms with Crippen LogP contribution in [0.1, 0.15) is 25.8 Å². The van der Waals surface area contributed by atoms with Gasteiger partial charge in [0.05, 0.1) is 31.0 Å². The van der Waals surface area contributed by atoms with E-state index in [1.54, 1.807) is 6.92 Å². The molecule has 6 nitrogen and oxygen atoms in total. The molecular formula is C18H25ClN3O3+. The van der Waals surface area contributed by atoms with Crippen molar-refractivity contribution in [3.8, 4) is 0 Å². The molecule has 2 rings (SSSR count). The van der Waals surface area contributed by atoms with Crippen LogP contribution in [-0.4, -0.2) is 38.2 Å². The fourth-order valence-electron chi connectivity index (χ4n) is 2.96. The molecule has 0 saturated heterocycles. The molecule has 0 spiro atoms. The Labute approximate surface area is 153 Å². The zero-order chi connectivity index (χ0) is 18.4. The summed E-state index contributed by atoms with van der Waals surface area (Å²) in [4.78, 5) is 25.4. The normalized spacial score (nSPS) is 18.4. The number of esters is 1. The van der Waals surface area contributed by atoms with Crippen LogP contribution >= 0.6 is 11.6 Å². The number of quaternary nitrogens is 1. The number of ether oxygens (including phenoxy) is 1. The lowest BCUT2D eigenvalue weighted by molar-refractivity contribution is -0.889. The Morgan fingerprint density at radius 3 is 2.72 bits per heavy atom. The minimum absolute atomic E-state index is 0.287. The average molecular weight is 367 g/mol. The lowest BCUT2D eigenvalue weighted by Gasteiger charge is -2.29. The van der Waals surface area contributed by atoms with Crippen LogP contribution in [0.25, 0.3) is 0 Å². The molecule has 0 bridgehead atoms. The van der Waals surface area contributed by atoms with Gasteiger partial charge in [0, 0.05) is 10.6 Å². The van der Waals surface area contributed by atoms with Gasteiger partial charge in [-0.3, -0.25) is 0 Å². The van der Waals surface area contributed by atoms with Gasteiger partial charge in [-0.25, -0.2) is 9.59 Å². The van der Waals surface area contributed by atoms with E-state index in [9.17, 15) is 9.59 Å². The molecule has 2 amide bonds. The third kappa shape index (κ3) is 5.21. The summed E-state index contributed by atoms with van der Waals surface area (Å²) in [6.45, 7) is 5.22. The van der Waals surface area contributed by atoms with Crippen molar-refractivity contribution in [2.45, 2.75) is 32.9 Å². The van der Waals surface area contributed by atoms with Gasteiger partial charge < -0.3 is 20.3 Å². The fourth-order valence-corrected chi connectivity index (χ4v) is 3.17. The Morgan fingerprint density at radius 2 is 2.08 bits per heavy atom. The highest BCUT2D eigenvalue weighted by molar-refractivity contribution is 6.30. The zero-order valence-electron chi connectivity index (χ0n) is 14.8. The van der Waals surface area contributed by atoms with Crippen molar-refractivity contribution in [1.29, 1.82) is 0 Å². The van der Waals surface area contributed by atoms with Gasteiger partial charge in [-0.05, 0) is 25.5 Å². The topological polar surface area (TPSA) is 71.9 Å². The number of rotatable bonds is 7. The first kappa shape index (κ1) is 19.3. The molecule has 0 aromatic heterocycles. The van der Waals surface area contributed by atoms with Crippen molar-refractivity contribution in [3.05, 3.63) is 46.1 Å². The number of benzene rings is 1. The Balaban J connectivity index is 2.21. The second-order valence-corrected chi connectivity index (χ2v) is 6.55. The van der Waals surface area contributed by atoms with E-state index in [-0.39, 0.29) is 18.0 Å². The summed E-state index contributed by atoms with van der Waals surface area (Å²) in [6.07, 6.45) is 0.623. The molecule has 0 radical (unpaired) electrons. The number of nitrogens with one attached hydrogen (secondary N) is 3. The van der Waals surface area contributed by atoms with Gasteiger partial charge in [-0.2, -0.15) is 0 Å². The van der Waals surface area contributed by atoms with Crippen LogP contribution in [0.3, 0.4) is 0 Å². The molecule has 1 aromatic rings. The molecule has 25 heavy (non-hydrogen) atoms. The van der Waals surface area contributed by atoms with Crippen LogP contribution in [0.15, 0.2) is 35.5 Å². The number of amides is 2. The summed E-state index contributed by atoms with van der Waals surface area (Å²) in [5.41, 5.74) is 2.22. The first-order valence-corrected chi connectivity index (χ1v) is 8.85. The second kappa shape index (κ2) is 8.87. The molecular weight excluding hydrogens is 342 g/mol. The Morgan fingerprint density at radius 1 is 1.32 bits per heavy atom. The minimum atomic E-state index is -0.382. The first-order valence-electron chi connectivity index (χ1n) is 8.48. The number of halogens is 1. The van der Waals surface area contributed by atoms with Crippen molar-refractivity contribution >= 4 is 23.6 Å². The van der Waals surface area contributed by atoms with E-state index in [4.69, 9.17) is 16.3 Å². The molecule has 2 atom stereocenters. The van der Waals surface area contributed by atoms with E-state index in [0.29, 0.717) is 35.9 Å². The van der Waals surface area contributed by atoms with E-state index in [2.05, 4.69) is 10.6 Å². The number of carbonyl (C=O) groups is 2. The Bertz CT molecular complexity index is 675. The van der Waals surface area contributed by atoms with Gasteiger partial charge in [0.2, 0.25) is 0 Å². The molecule has 1 heterocycles. The third-order valence-electron chi connectivity index (χ3n) is 4.02. The van der Waals surface area contributed by atoms with Gasteiger partial charge in [0.25, 0.3) is 0 Å². The van der Waals surface area contributed by atoms with Crippen molar-refractivity contribution in [1.82, 2.24) is 10.6 Å². The summed E-state index contributed by atoms with van der Waals surface area (Å²) in [7, 11) is 2.01. The molecule has 1 aliphatic rings. The van der Waals surface area contributed by atoms with E-state index in [0.717, 1.165) is 17.0 Å². The maximum absolute atomic E-state index is 12.4. The van der Waals surface area contributed by atoms with Gasteiger partial charge in [-0.15, -0.1) is 0 Å². The van der Waals surface area contributed by atoms with Crippen LogP contribution in [0.5, 0.6) is 0 Å². The zero-order valence-corrected chi connectivity index (χ0v) is 15.6. The van der Waals surface area contributed by atoms with E-state index in [1.807, 2.05) is 38.2 Å². The largest absolute Gasteiger partial charge is 0.463 e. The average Bonchev–Trinajstić information content (AvgIpc) is 2.54. The molecule has 0 fully saturated rings. The highest BCUT2D eigenvalue weighted by Gasteiger charge is 2.32. The molecule has 0 saturated carbocycles. The quantitative estimate of drug-likeness (QED) is 0.636. The van der Waals surface area contributed by atoms with Gasteiger partial charge in [-0.1, -0.05) is 30.7 Å². The van der Waals surface area contributed by atoms with Crippen LogP contribution in [-0.2, 0) is 16.1 Å². The predicted molar refractivity (Wildman–Crippen MR) is 96.3 cm³/mol. The third-order valence-corrected chi connectivity index (χ3v) is 4.26. The highest BCUT2D eigenvalue weighted by Crippen LogP contribution is 2.16. The standard InChI is InChI=1S/C18H24ClN3O3/c1-4-14-16(17(23)25-5-2)15(21-18(24)20-14)11-22(3)10-12-7-6-8-13(19)9-12/h6-9,14H,4-5,10-11H2,1-3H3,(H2,20,21,24)/p+1/t14-/m0/s1. The molecule has 1 unspecified atom stereocenters. The van der Waals surface area contributed by atoms with Crippen LogP contribution < -0.4 is 15.5 Å². The Kier molecular flexibility index (Phi) is 6.84. The molecule has 0 aliphatic carbocycles. The van der Waals surface area contributed by atoms with Crippen molar-refractivity contribution in [2.24, 2.45) is 0 Å². The maximum atomic E-state index is 12.4. The fraction of sp³-hybridized carbons (Fsp3) is 0.444. The smallest absolute Gasteiger partial charge is 0.338 e.